The molecule has 0 heterocycles. The van der Waals surface area contributed by atoms with E-state index in [4.69, 9.17) is 21.4 Å². The molecule has 0 saturated carbocycles. The zero-order valence-corrected chi connectivity index (χ0v) is 10.3. The fourth-order valence-electron chi connectivity index (χ4n) is 1.23. The molecule has 0 spiro atoms. The van der Waals surface area contributed by atoms with Crippen LogP contribution >= 0.6 is 11.6 Å². The van der Waals surface area contributed by atoms with Crippen LogP contribution in [0, 0.1) is 0 Å². The number of aliphatic hydroxyl groups is 1. The first kappa shape index (κ1) is 13.6. The van der Waals surface area contributed by atoms with Gasteiger partial charge < -0.3 is 20.5 Å². The van der Waals surface area contributed by atoms with Gasteiger partial charge in [-0.15, -0.1) is 0 Å². The lowest BCUT2D eigenvalue weighted by Crippen LogP contribution is -2.30. The molecular formula is C11H15ClN2O3. The van der Waals surface area contributed by atoms with Crippen molar-refractivity contribution < 1.29 is 14.6 Å². The largest absolute Gasteiger partial charge is 0.495 e. The van der Waals surface area contributed by atoms with Gasteiger partial charge in [-0.1, -0.05) is 11.6 Å². The minimum absolute atomic E-state index is 0.0424. The van der Waals surface area contributed by atoms with Crippen LogP contribution < -0.4 is 15.4 Å². The molecule has 0 unspecified atom stereocenters. The van der Waals surface area contributed by atoms with Crippen LogP contribution in [0.5, 0.6) is 5.75 Å². The van der Waals surface area contributed by atoms with Gasteiger partial charge in [0.15, 0.2) is 0 Å². The molecule has 6 heteroatoms. The minimum Gasteiger partial charge on any atom is -0.495 e. The van der Waals surface area contributed by atoms with E-state index in [-0.39, 0.29) is 12.6 Å². The Bertz CT molecular complexity index is 385. The second kappa shape index (κ2) is 6.98. The first-order valence-corrected chi connectivity index (χ1v) is 5.54. The standard InChI is InChI=1S/C11H15ClN2O3/c1-17-10-4-3-8(12)7-9(10)14-11(16)13-5-2-6-15/h3-4,7,15H,2,5-6H2,1H3,(H2,13,14,16). The van der Waals surface area contributed by atoms with Crippen molar-refractivity contribution >= 4 is 23.3 Å². The van der Waals surface area contributed by atoms with Crippen molar-refractivity contribution in [2.24, 2.45) is 0 Å². The molecule has 0 aliphatic carbocycles. The van der Waals surface area contributed by atoms with E-state index in [9.17, 15) is 4.79 Å². The van der Waals surface area contributed by atoms with E-state index in [2.05, 4.69) is 10.6 Å². The lowest BCUT2D eigenvalue weighted by Gasteiger charge is -2.11. The predicted molar refractivity (Wildman–Crippen MR) is 66.7 cm³/mol. The zero-order chi connectivity index (χ0) is 12.7. The van der Waals surface area contributed by atoms with E-state index in [0.29, 0.717) is 29.4 Å². The number of methoxy groups -OCH3 is 1. The first-order chi connectivity index (χ1) is 8.17. The van der Waals surface area contributed by atoms with Crippen LogP contribution in [0.4, 0.5) is 10.5 Å². The summed E-state index contributed by atoms with van der Waals surface area (Å²) < 4.78 is 5.09. The van der Waals surface area contributed by atoms with E-state index in [0.717, 1.165) is 0 Å². The Kier molecular flexibility index (Phi) is 5.59. The van der Waals surface area contributed by atoms with Crippen molar-refractivity contribution in [3.8, 4) is 5.75 Å². The Morgan fingerprint density at radius 3 is 2.94 bits per heavy atom. The number of urea groups is 1. The van der Waals surface area contributed by atoms with E-state index >= 15 is 0 Å². The summed E-state index contributed by atoms with van der Waals surface area (Å²) in [6.45, 7) is 0.450. The van der Waals surface area contributed by atoms with Gasteiger partial charge in [0.05, 0.1) is 12.8 Å². The molecule has 0 aliphatic rings. The van der Waals surface area contributed by atoms with Crippen molar-refractivity contribution in [2.45, 2.75) is 6.42 Å². The van der Waals surface area contributed by atoms with Gasteiger partial charge in [0, 0.05) is 18.2 Å². The molecule has 94 valence electrons. The highest BCUT2D eigenvalue weighted by atomic mass is 35.5. The number of halogens is 1. The summed E-state index contributed by atoms with van der Waals surface area (Å²) in [5.41, 5.74) is 0.501. The van der Waals surface area contributed by atoms with Crippen LogP contribution in [0.1, 0.15) is 6.42 Å². The van der Waals surface area contributed by atoms with Crippen LogP contribution in [-0.4, -0.2) is 31.4 Å². The van der Waals surface area contributed by atoms with Crippen molar-refractivity contribution in [1.82, 2.24) is 5.32 Å². The van der Waals surface area contributed by atoms with Gasteiger partial charge in [-0.05, 0) is 24.6 Å². The third kappa shape index (κ3) is 4.50. The lowest BCUT2D eigenvalue weighted by atomic mass is 10.3. The summed E-state index contributed by atoms with van der Waals surface area (Å²) in [5.74, 6) is 0.534. The molecule has 0 fully saturated rings. The van der Waals surface area contributed by atoms with Crippen molar-refractivity contribution in [2.75, 3.05) is 25.6 Å². The quantitative estimate of drug-likeness (QED) is 0.706. The van der Waals surface area contributed by atoms with Crippen LogP contribution in [0.2, 0.25) is 5.02 Å². The van der Waals surface area contributed by atoms with Crippen LogP contribution in [-0.2, 0) is 0 Å². The molecule has 3 N–H and O–H groups in total. The highest BCUT2D eigenvalue weighted by Gasteiger charge is 2.07. The number of nitrogens with one attached hydrogen (secondary N) is 2. The summed E-state index contributed by atoms with van der Waals surface area (Å²) >= 11 is 5.82. The molecule has 5 nitrogen and oxygen atoms in total. The number of benzene rings is 1. The van der Waals surface area contributed by atoms with E-state index < -0.39 is 0 Å². The lowest BCUT2D eigenvalue weighted by molar-refractivity contribution is 0.248. The Morgan fingerprint density at radius 2 is 2.29 bits per heavy atom. The zero-order valence-electron chi connectivity index (χ0n) is 9.50. The van der Waals surface area contributed by atoms with Gasteiger partial charge in [0.1, 0.15) is 5.75 Å². The topological polar surface area (TPSA) is 70.6 Å². The third-order valence-corrected chi connectivity index (χ3v) is 2.27. The molecule has 0 aromatic heterocycles. The van der Waals surface area contributed by atoms with Gasteiger partial charge in [-0.2, -0.15) is 0 Å². The Balaban J connectivity index is 2.60. The number of hydrogen-bond acceptors (Lipinski definition) is 3. The number of carbonyl (C=O) groups is 1. The molecular weight excluding hydrogens is 244 g/mol. The first-order valence-electron chi connectivity index (χ1n) is 5.16. The average molecular weight is 259 g/mol. The molecule has 0 saturated heterocycles. The van der Waals surface area contributed by atoms with Crippen LogP contribution in [0.3, 0.4) is 0 Å². The molecule has 17 heavy (non-hydrogen) atoms. The predicted octanol–water partition coefficient (Wildman–Crippen LogP) is 1.85. The molecule has 1 aromatic carbocycles. The molecule has 0 radical (unpaired) electrons. The van der Waals surface area contributed by atoms with Crippen molar-refractivity contribution in [3.63, 3.8) is 0 Å². The Labute approximate surface area is 105 Å². The monoisotopic (exact) mass is 258 g/mol. The van der Waals surface area contributed by atoms with Gasteiger partial charge in [-0.3, -0.25) is 0 Å². The van der Waals surface area contributed by atoms with E-state index in [1.165, 1.54) is 7.11 Å². The molecule has 2 amide bonds. The number of aliphatic hydroxyl groups excluding tert-OH is 1. The van der Waals surface area contributed by atoms with Gasteiger partial charge in [-0.25, -0.2) is 4.79 Å². The second-order valence-electron chi connectivity index (χ2n) is 3.30. The summed E-state index contributed by atoms with van der Waals surface area (Å²) in [4.78, 5) is 11.5. The van der Waals surface area contributed by atoms with E-state index in [1.54, 1.807) is 18.2 Å². The maximum absolute atomic E-state index is 11.5. The number of rotatable bonds is 5. The SMILES string of the molecule is COc1ccc(Cl)cc1NC(=O)NCCCO. The van der Waals surface area contributed by atoms with E-state index in [1.807, 2.05) is 0 Å². The minimum atomic E-state index is -0.362. The fourth-order valence-corrected chi connectivity index (χ4v) is 1.40. The number of ether oxygens (including phenoxy) is 1. The van der Waals surface area contributed by atoms with Crippen LogP contribution in [0.15, 0.2) is 18.2 Å². The average Bonchev–Trinajstić information content (AvgIpc) is 2.29. The maximum atomic E-state index is 11.5. The summed E-state index contributed by atoms with van der Waals surface area (Å²) in [6.07, 6.45) is 0.514. The Hall–Kier alpha value is -1.46. The van der Waals surface area contributed by atoms with Gasteiger partial charge >= 0.3 is 6.03 Å². The maximum Gasteiger partial charge on any atom is 0.319 e. The number of anilines is 1. The normalized spacial score (nSPS) is 9.82. The highest BCUT2D eigenvalue weighted by Crippen LogP contribution is 2.27. The van der Waals surface area contributed by atoms with Crippen LogP contribution in [0.25, 0.3) is 0 Å². The third-order valence-electron chi connectivity index (χ3n) is 2.03. The van der Waals surface area contributed by atoms with Gasteiger partial charge in [0.25, 0.3) is 0 Å². The number of hydrogen-bond donors (Lipinski definition) is 3. The number of carbonyl (C=O) groups excluding carboxylic acids is 1. The van der Waals surface area contributed by atoms with Crippen molar-refractivity contribution in [1.29, 1.82) is 0 Å². The summed E-state index contributed by atoms with van der Waals surface area (Å²) in [5, 5.41) is 14.3. The highest BCUT2D eigenvalue weighted by molar-refractivity contribution is 6.31. The number of amides is 2. The smallest absolute Gasteiger partial charge is 0.319 e. The molecule has 0 bridgehead atoms. The summed E-state index contributed by atoms with van der Waals surface area (Å²) in [6, 6.07) is 4.59. The second-order valence-corrected chi connectivity index (χ2v) is 3.74. The van der Waals surface area contributed by atoms with Crippen molar-refractivity contribution in [3.05, 3.63) is 23.2 Å². The molecule has 0 atom stereocenters. The molecule has 1 rings (SSSR count). The summed E-state index contributed by atoms with van der Waals surface area (Å²) in [7, 11) is 1.51. The Morgan fingerprint density at radius 1 is 1.53 bits per heavy atom. The fraction of sp³-hybridized carbons (Fsp3) is 0.364. The van der Waals surface area contributed by atoms with Gasteiger partial charge in [0.2, 0.25) is 0 Å². The molecule has 0 aliphatic heterocycles. The molecule has 1 aromatic rings.